The molecule has 10 heteroatoms. The number of carbonyl (C=O) groups is 1. The van der Waals surface area contributed by atoms with E-state index in [9.17, 15) is 22.8 Å². The number of hydrogen-bond donors (Lipinski definition) is 1. The summed E-state index contributed by atoms with van der Waals surface area (Å²) in [6.45, 7) is 2.75. The van der Waals surface area contributed by atoms with Crippen LogP contribution in [0.4, 0.5) is 13.2 Å². The van der Waals surface area contributed by atoms with Crippen molar-refractivity contribution < 1.29 is 23.1 Å². The number of halogens is 3. The molecule has 0 saturated heterocycles. The topological polar surface area (TPSA) is 89.5 Å². The van der Waals surface area contributed by atoms with E-state index in [0.717, 1.165) is 10.6 Å². The standard InChI is InChI=1S/C12H13F3N4O3/c1-6(2)10-17-18(5-9(20)21)11(22)8-3-7(16-19(8)10)4-12(13,14)15/h3,6H,4-5H2,1-2H3,(H,20,21). The smallest absolute Gasteiger partial charge is 0.394 e. The zero-order valence-corrected chi connectivity index (χ0v) is 11.8. The summed E-state index contributed by atoms with van der Waals surface area (Å²) in [5.74, 6) is -1.32. The summed E-state index contributed by atoms with van der Waals surface area (Å²) >= 11 is 0. The first-order valence-corrected chi connectivity index (χ1v) is 6.36. The second kappa shape index (κ2) is 5.43. The van der Waals surface area contributed by atoms with E-state index in [4.69, 9.17) is 5.11 Å². The SMILES string of the molecule is CC(C)c1nn(CC(=O)O)c(=O)c2cc(CC(F)(F)F)nn12. The van der Waals surface area contributed by atoms with Crippen LogP contribution in [0.1, 0.15) is 31.3 Å². The fraction of sp³-hybridized carbons (Fsp3) is 0.500. The van der Waals surface area contributed by atoms with Gasteiger partial charge in [-0.15, -0.1) is 0 Å². The molecule has 2 heterocycles. The molecule has 0 aliphatic carbocycles. The minimum Gasteiger partial charge on any atom is -0.480 e. The second-order valence-electron chi connectivity index (χ2n) is 5.09. The molecule has 0 saturated carbocycles. The highest BCUT2D eigenvalue weighted by molar-refractivity contribution is 5.66. The number of carboxylic acid groups (broad SMARTS) is 1. The predicted molar refractivity (Wildman–Crippen MR) is 68.7 cm³/mol. The summed E-state index contributed by atoms with van der Waals surface area (Å²) in [4.78, 5) is 22.9. The number of alkyl halides is 3. The summed E-state index contributed by atoms with van der Waals surface area (Å²) < 4.78 is 39.1. The van der Waals surface area contributed by atoms with Crippen LogP contribution in [-0.4, -0.2) is 36.6 Å². The average Bonchev–Trinajstić information content (AvgIpc) is 2.73. The van der Waals surface area contributed by atoms with Gasteiger partial charge >= 0.3 is 12.1 Å². The molecule has 2 aromatic rings. The Labute approximate surface area is 122 Å². The molecule has 0 bridgehead atoms. The molecule has 0 aromatic carbocycles. The maximum Gasteiger partial charge on any atom is 0.394 e. The first-order valence-electron chi connectivity index (χ1n) is 6.36. The zero-order chi connectivity index (χ0) is 16.7. The molecular formula is C12H13F3N4O3. The Bertz CT molecular complexity index is 776. The molecule has 0 amide bonds. The molecule has 0 unspecified atom stereocenters. The molecule has 22 heavy (non-hydrogen) atoms. The predicted octanol–water partition coefficient (Wildman–Crippen LogP) is 1.20. The van der Waals surface area contributed by atoms with E-state index in [2.05, 4.69) is 10.2 Å². The Morgan fingerprint density at radius 3 is 2.50 bits per heavy atom. The van der Waals surface area contributed by atoms with Crippen molar-refractivity contribution in [1.82, 2.24) is 19.4 Å². The minimum atomic E-state index is -4.45. The summed E-state index contributed by atoms with van der Waals surface area (Å²) in [6, 6.07) is 1.02. The van der Waals surface area contributed by atoms with E-state index < -0.39 is 30.7 Å². The van der Waals surface area contributed by atoms with E-state index in [-0.39, 0.29) is 23.0 Å². The number of rotatable bonds is 4. The van der Waals surface area contributed by atoms with Crippen LogP contribution in [0.5, 0.6) is 0 Å². The van der Waals surface area contributed by atoms with Gasteiger partial charge in [0.15, 0.2) is 5.82 Å². The second-order valence-corrected chi connectivity index (χ2v) is 5.09. The maximum absolute atomic E-state index is 12.5. The monoisotopic (exact) mass is 318 g/mol. The molecule has 2 rings (SSSR count). The van der Waals surface area contributed by atoms with Crippen LogP contribution in [0.3, 0.4) is 0 Å². The minimum absolute atomic E-state index is 0.126. The van der Waals surface area contributed by atoms with Crippen molar-refractivity contribution in [2.24, 2.45) is 0 Å². The van der Waals surface area contributed by atoms with E-state index in [1.807, 2.05) is 0 Å². The largest absolute Gasteiger partial charge is 0.480 e. The van der Waals surface area contributed by atoms with Crippen LogP contribution >= 0.6 is 0 Å². The third-order valence-corrected chi connectivity index (χ3v) is 2.84. The number of fused-ring (bicyclic) bond motifs is 1. The lowest BCUT2D eigenvalue weighted by Crippen LogP contribution is -2.30. The molecule has 0 spiro atoms. The highest BCUT2D eigenvalue weighted by Gasteiger charge is 2.30. The average molecular weight is 318 g/mol. The molecule has 1 N–H and O–H groups in total. The molecule has 0 radical (unpaired) electrons. The number of hydrogen-bond acceptors (Lipinski definition) is 4. The van der Waals surface area contributed by atoms with Crippen LogP contribution in [0.15, 0.2) is 10.9 Å². The molecule has 7 nitrogen and oxygen atoms in total. The lowest BCUT2D eigenvalue weighted by molar-refractivity contribution is -0.138. The zero-order valence-electron chi connectivity index (χ0n) is 11.8. The van der Waals surface area contributed by atoms with Crippen LogP contribution < -0.4 is 5.56 Å². The van der Waals surface area contributed by atoms with Crippen molar-refractivity contribution in [3.05, 3.63) is 27.9 Å². The maximum atomic E-state index is 12.5. The fourth-order valence-electron chi connectivity index (χ4n) is 1.99. The highest BCUT2D eigenvalue weighted by Crippen LogP contribution is 2.21. The Balaban J connectivity index is 2.66. The van der Waals surface area contributed by atoms with E-state index in [1.54, 1.807) is 13.8 Å². The fourth-order valence-corrected chi connectivity index (χ4v) is 1.99. The van der Waals surface area contributed by atoms with Gasteiger partial charge in [0.05, 0.1) is 12.1 Å². The molecule has 0 aliphatic heterocycles. The molecule has 0 fully saturated rings. The quantitative estimate of drug-likeness (QED) is 0.915. The number of nitrogens with zero attached hydrogens (tertiary/aromatic N) is 4. The van der Waals surface area contributed by atoms with Crippen molar-refractivity contribution in [3.8, 4) is 0 Å². The van der Waals surface area contributed by atoms with Gasteiger partial charge in [-0.3, -0.25) is 9.59 Å². The Kier molecular flexibility index (Phi) is 3.94. The number of aromatic nitrogens is 4. The summed E-state index contributed by atoms with van der Waals surface area (Å²) in [6.07, 6.45) is -5.73. The van der Waals surface area contributed by atoms with E-state index in [0.29, 0.717) is 4.68 Å². The molecule has 120 valence electrons. The van der Waals surface area contributed by atoms with Crippen molar-refractivity contribution in [2.45, 2.75) is 38.9 Å². The summed E-state index contributed by atoms with van der Waals surface area (Å²) in [5.41, 5.74) is -1.24. The van der Waals surface area contributed by atoms with Gasteiger partial charge in [0, 0.05) is 5.92 Å². The molecular weight excluding hydrogens is 305 g/mol. The van der Waals surface area contributed by atoms with Gasteiger partial charge in [-0.05, 0) is 6.07 Å². The van der Waals surface area contributed by atoms with Gasteiger partial charge in [0.25, 0.3) is 5.56 Å². The van der Waals surface area contributed by atoms with E-state index in [1.165, 1.54) is 0 Å². The van der Waals surface area contributed by atoms with E-state index >= 15 is 0 Å². The van der Waals surface area contributed by atoms with Gasteiger partial charge in [0.2, 0.25) is 0 Å². The Morgan fingerprint density at radius 2 is 2.00 bits per heavy atom. The normalized spacial score (nSPS) is 12.3. The summed E-state index contributed by atoms with van der Waals surface area (Å²) in [5, 5.41) is 16.4. The first-order chi connectivity index (χ1) is 10.1. The van der Waals surface area contributed by atoms with Gasteiger partial charge in [-0.2, -0.15) is 23.4 Å². The lowest BCUT2D eigenvalue weighted by atomic mass is 10.2. The van der Waals surface area contributed by atoms with Crippen molar-refractivity contribution in [2.75, 3.05) is 0 Å². The van der Waals surface area contributed by atoms with Crippen molar-refractivity contribution >= 4 is 11.5 Å². The van der Waals surface area contributed by atoms with Gasteiger partial charge in [-0.25, -0.2) is 9.20 Å². The third kappa shape index (κ3) is 3.26. The molecule has 0 atom stereocenters. The van der Waals surface area contributed by atoms with Crippen molar-refractivity contribution in [3.63, 3.8) is 0 Å². The first kappa shape index (κ1) is 16.0. The number of aliphatic carboxylic acids is 1. The Morgan fingerprint density at radius 1 is 1.36 bits per heavy atom. The number of carboxylic acids is 1. The van der Waals surface area contributed by atoms with Gasteiger partial charge in [0.1, 0.15) is 12.1 Å². The highest BCUT2D eigenvalue weighted by atomic mass is 19.4. The Hall–Kier alpha value is -2.39. The van der Waals surface area contributed by atoms with Gasteiger partial charge in [-0.1, -0.05) is 13.8 Å². The van der Waals surface area contributed by atoms with Crippen molar-refractivity contribution in [1.29, 1.82) is 0 Å². The third-order valence-electron chi connectivity index (χ3n) is 2.84. The van der Waals surface area contributed by atoms with Crippen LogP contribution in [0.2, 0.25) is 0 Å². The summed E-state index contributed by atoms with van der Waals surface area (Å²) in [7, 11) is 0. The van der Waals surface area contributed by atoms with Gasteiger partial charge < -0.3 is 5.11 Å². The molecule has 2 aromatic heterocycles. The van der Waals surface area contributed by atoms with Crippen LogP contribution in [-0.2, 0) is 17.8 Å². The van der Waals surface area contributed by atoms with Crippen LogP contribution in [0.25, 0.3) is 5.52 Å². The van der Waals surface area contributed by atoms with Crippen LogP contribution in [0, 0.1) is 0 Å². The lowest BCUT2D eigenvalue weighted by Gasteiger charge is -2.10. The molecule has 0 aliphatic rings.